The van der Waals surface area contributed by atoms with Crippen molar-refractivity contribution < 1.29 is 0 Å². The number of aromatic amines is 1. The second-order valence-corrected chi connectivity index (χ2v) is 5.28. The van der Waals surface area contributed by atoms with E-state index in [2.05, 4.69) is 20.3 Å². The Morgan fingerprint density at radius 3 is 2.75 bits per heavy atom. The maximum absolute atomic E-state index is 6.15. The molecule has 0 radical (unpaired) electrons. The van der Waals surface area contributed by atoms with Crippen molar-refractivity contribution in [2.45, 2.75) is 20.8 Å². The lowest BCUT2D eigenvalue weighted by Gasteiger charge is -2.11. The maximum Gasteiger partial charge on any atom is 0.143 e. The lowest BCUT2D eigenvalue weighted by Crippen LogP contribution is -1.99. The van der Waals surface area contributed by atoms with Gasteiger partial charge in [0.25, 0.3) is 0 Å². The van der Waals surface area contributed by atoms with Crippen LogP contribution in [0.3, 0.4) is 0 Å². The molecule has 5 heteroatoms. The topological polar surface area (TPSA) is 53.6 Å². The van der Waals surface area contributed by atoms with Crippen molar-refractivity contribution >= 4 is 34.1 Å². The van der Waals surface area contributed by atoms with Crippen LogP contribution in [0.25, 0.3) is 11.0 Å². The molecule has 0 saturated carbocycles. The fourth-order valence-electron chi connectivity index (χ4n) is 2.22. The number of fused-ring (bicyclic) bond motifs is 1. The Balaban J connectivity index is 2.12. The summed E-state index contributed by atoms with van der Waals surface area (Å²) in [6.07, 6.45) is 0. The van der Waals surface area contributed by atoms with Gasteiger partial charge >= 0.3 is 0 Å². The molecule has 0 aliphatic carbocycles. The zero-order chi connectivity index (χ0) is 14.3. The Bertz CT molecular complexity index is 792. The summed E-state index contributed by atoms with van der Waals surface area (Å²) in [6, 6.07) is 7.83. The van der Waals surface area contributed by atoms with Crippen LogP contribution in [0, 0.1) is 20.8 Å². The normalized spacial score (nSPS) is 11.0. The second kappa shape index (κ2) is 4.80. The van der Waals surface area contributed by atoms with Crippen molar-refractivity contribution in [1.29, 1.82) is 0 Å². The molecule has 2 aromatic heterocycles. The molecule has 3 aromatic rings. The number of benzene rings is 1. The standard InChI is InChI=1S/C15H15ClN4/c1-8-7-11-14(17-8)18-10(3)19-15(11)20-13-6-4-5-12(16)9(13)2/h4-7H,1-3H3,(H2,17,18,19,20). The average molecular weight is 287 g/mol. The molecule has 0 fully saturated rings. The summed E-state index contributed by atoms with van der Waals surface area (Å²) in [6.45, 7) is 5.87. The quantitative estimate of drug-likeness (QED) is 0.739. The van der Waals surface area contributed by atoms with Gasteiger partial charge < -0.3 is 10.3 Å². The molecule has 0 atom stereocenters. The van der Waals surface area contributed by atoms with Gasteiger partial charge in [0, 0.05) is 16.4 Å². The van der Waals surface area contributed by atoms with Crippen LogP contribution >= 0.6 is 11.6 Å². The fourth-order valence-corrected chi connectivity index (χ4v) is 2.39. The zero-order valence-electron chi connectivity index (χ0n) is 11.6. The van der Waals surface area contributed by atoms with E-state index >= 15 is 0 Å². The summed E-state index contributed by atoms with van der Waals surface area (Å²) in [5.41, 5.74) is 3.87. The molecule has 0 aliphatic rings. The van der Waals surface area contributed by atoms with Crippen molar-refractivity contribution in [3.05, 3.63) is 46.4 Å². The average Bonchev–Trinajstić information content (AvgIpc) is 2.75. The maximum atomic E-state index is 6.15. The smallest absolute Gasteiger partial charge is 0.143 e. The number of rotatable bonds is 2. The summed E-state index contributed by atoms with van der Waals surface area (Å²) in [7, 11) is 0. The van der Waals surface area contributed by atoms with Gasteiger partial charge in [-0.3, -0.25) is 0 Å². The lowest BCUT2D eigenvalue weighted by molar-refractivity contribution is 1.08. The highest BCUT2D eigenvalue weighted by atomic mass is 35.5. The first-order valence-corrected chi connectivity index (χ1v) is 6.78. The molecule has 4 nitrogen and oxygen atoms in total. The van der Waals surface area contributed by atoms with E-state index < -0.39 is 0 Å². The summed E-state index contributed by atoms with van der Waals surface area (Å²) < 4.78 is 0. The molecule has 0 spiro atoms. The highest BCUT2D eigenvalue weighted by Gasteiger charge is 2.10. The van der Waals surface area contributed by atoms with Gasteiger partial charge in [-0.15, -0.1) is 0 Å². The Hall–Kier alpha value is -2.07. The molecule has 0 unspecified atom stereocenters. The Labute approximate surface area is 122 Å². The van der Waals surface area contributed by atoms with Crippen LogP contribution in [-0.4, -0.2) is 15.0 Å². The first kappa shape index (κ1) is 12.9. The minimum Gasteiger partial charge on any atom is -0.343 e. The highest BCUT2D eigenvalue weighted by molar-refractivity contribution is 6.31. The molecule has 102 valence electrons. The molecule has 0 aliphatic heterocycles. The summed E-state index contributed by atoms with van der Waals surface area (Å²) in [4.78, 5) is 12.1. The van der Waals surface area contributed by atoms with Crippen LogP contribution in [0.5, 0.6) is 0 Å². The van der Waals surface area contributed by atoms with Gasteiger partial charge in [-0.2, -0.15) is 0 Å². The molecule has 3 rings (SSSR count). The van der Waals surface area contributed by atoms with Gasteiger partial charge in [0.2, 0.25) is 0 Å². The minimum absolute atomic E-state index is 0.724. The van der Waals surface area contributed by atoms with Gasteiger partial charge in [0.15, 0.2) is 0 Å². The third kappa shape index (κ3) is 2.23. The van der Waals surface area contributed by atoms with Crippen molar-refractivity contribution in [3.63, 3.8) is 0 Å². The fraction of sp³-hybridized carbons (Fsp3) is 0.200. The molecule has 0 saturated heterocycles. The highest BCUT2D eigenvalue weighted by Crippen LogP contribution is 2.29. The molecule has 2 N–H and O–H groups in total. The van der Waals surface area contributed by atoms with Gasteiger partial charge in [0.05, 0.1) is 5.39 Å². The number of hydrogen-bond acceptors (Lipinski definition) is 3. The number of halogens is 1. The summed E-state index contributed by atoms with van der Waals surface area (Å²) in [5, 5.41) is 5.07. The summed E-state index contributed by atoms with van der Waals surface area (Å²) >= 11 is 6.15. The lowest BCUT2D eigenvalue weighted by atomic mass is 10.2. The second-order valence-electron chi connectivity index (χ2n) is 4.87. The molecule has 0 bridgehead atoms. The SMILES string of the molecule is Cc1nc(Nc2cccc(Cl)c2C)c2cc(C)[nH]c2n1. The van der Waals surface area contributed by atoms with Crippen LogP contribution in [0.15, 0.2) is 24.3 Å². The van der Waals surface area contributed by atoms with E-state index in [4.69, 9.17) is 11.6 Å². The van der Waals surface area contributed by atoms with Crippen molar-refractivity contribution in [2.75, 3.05) is 5.32 Å². The number of nitrogens with one attached hydrogen (secondary N) is 2. The third-order valence-electron chi connectivity index (χ3n) is 3.25. The number of aromatic nitrogens is 3. The predicted octanol–water partition coefficient (Wildman–Crippen LogP) is 4.28. The minimum atomic E-state index is 0.724. The first-order chi connectivity index (χ1) is 9.54. The number of nitrogens with zero attached hydrogens (tertiary/aromatic N) is 2. The van der Waals surface area contributed by atoms with Crippen LogP contribution in [0.2, 0.25) is 5.02 Å². The largest absolute Gasteiger partial charge is 0.343 e. The van der Waals surface area contributed by atoms with Crippen LogP contribution in [0.4, 0.5) is 11.5 Å². The van der Waals surface area contributed by atoms with E-state index in [-0.39, 0.29) is 0 Å². The number of anilines is 2. The van der Waals surface area contributed by atoms with Gasteiger partial charge in [0.1, 0.15) is 17.3 Å². The van der Waals surface area contributed by atoms with E-state index in [1.165, 1.54) is 0 Å². The predicted molar refractivity (Wildman–Crippen MR) is 82.8 cm³/mol. The van der Waals surface area contributed by atoms with Crippen molar-refractivity contribution in [3.8, 4) is 0 Å². The molecule has 2 heterocycles. The van der Waals surface area contributed by atoms with E-state index in [0.717, 1.165) is 44.6 Å². The van der Waals surface area contributed by atoms with Crippen LogP contribution < -0.4 is 5.32 Å². The zero-order valence-corrected chi connectivity index (χ0v) is 12.3. The van der Waals surface area contributed by atoms with E-state index in [1.54, 1.807) is 0 Å². The molecule has 1 aromatic carbocycles. The number of hydrogen-bond donors (Lipinski definition) is 2. The van der Waals surface area contributed by atoms with E-state index in [9.17, 15) is 0 Å². The molecule has 0 amide bonds. The Morgan fingerprint density at radius 2 is 1.95 bits per heavy atom. The molecular formula is C15H15ClN4. The van der Waals surface area contributed by atoms with E-state index in [1.807, 2.05) is 45.0 Å². The van der Waals surface area contributed by atoms with Crippen molar-refractivity contribution in [1.82, 2.24) is 15.0 Å². The van der Waals surface area contributed by atoms with Gasteiger partial charge in [-0.25, -0.2) is 9.97 Å². The first-order valence-electron chi connectivity index (χ1n) is 6.40. The Kier molecular flexibility index (Phi) is 3.10. The monoisotopic (exact) mass is 286 g/mol. The Morgan fingerprint density at radius 1 is 1.15 bits per heavy atom. The number of aryl methyl sites for hydroxylation is 2. The summed E-state index contributed by atoms with van der Waals surface area (Å²) in [5.74, 6) is 1.52. The van der Waals surface area contributed by atoms with Crippen molar-refractivity contribution in [2.24, 2.45) is 0 Å². The third-order valence-corrected chi connectivity index (χ3v) is 3.66. The van der Waals surface area contributed by atoms with Gasteiger partial charge in [-0.05, 0) is 44.5 Å². The number of H-pyrrole nitrogens is 1. The molecule has 20 heavy (non-hydrogen) atoms. The molecular weight excluding hydrogens is 272 g/mol. The van der Waals surface area contributed by atoms with Gasteiger partial charge in [-0.1, -0.05) is 17.7 Å². The van der Waals surface area contributed by atoms with E-state index in [0.29, 0.717) is 0 Å². The van der Waals surface area contributed by atoms with Crippen LogP contribution in [-0.2, 0) is 0 Å². The van der Waals surface area contributed by atoms with Crippen LogP contribution in [0.1, 0.15) is 17.1 Å².